The molecule has 164 valence electrons. The highest BCUT2D eigenvalue weighted by Gasteiger charge is 2.18. The van der Waals surface area contributed by atoms with Gasteiger partial charge in [-0.25, -0.2) is 13.2 Å². The number of ether oxygens (including phenoxy) is 1. The van der Waals surface area contributed by atoms with Crippen molar-refractivity contribution in [1.29, 1.82) is 5.26 Å². The summed E-state index contributed by atoms with van der Waals surface area (Å²) in [6.45, 7) is 1.97. The van der Waals surface area contributed by atoms with E-state index >= 15 is 0 Å². The molecule has 0 aliphatic heterocycles. The minimum absolute atomic E-state index is 0.0625. The van der Waals surface area contributed by atoms with Crippen molar-refractivity contribution in [3.05, 3.63) is 53.3 Å². The maximum absolute atomic E-state index is 12.4. The van der Waals surface area contributed by atoms with Gasteiger partial charge in [0.15, 0.2) is 0 Å². The summed E-state index contributed by atoms with van der Waals surface area (Å²) < 4.78 is 33.3. The topological polar surface area (TPSA) is 152 Å². The highest BCUT2D eigenvalue weighted by Crippen LogP contribution is 2.25. The maximum Gasteiger partial charge on any atom is 0.338 e. The number of nitrogens with zero attached hydrogens (tertiary/aromatic N) is 3. The number of carbonyl (C=O) groups excluding carboxylic acids is 2. The molecule has 0 unspecified atom stereocenters. The molecule has 0 aliphatic carbocycles. The van der Waals surface area contributed by atoms with Crippen LogP contribution >= 0.6 is 11.3 Å². The zero-order valence-corrected chi connectivity index (χ0v) is 18.5. The summed E-state index contributed by atoms with van der Waals surface area (Å²) in [5, 5.41) is 18.7. The molecule has 1 amide bonds. The van der Waals surface area contributed by atoms with Gasteiger partial charge in [-0.3, -0.25) is 10.1 Å². The van der Waals surface area contributed by atoms with E-state index in [1.54, 1.807) is 49.4 Å². The molecule has 12 heteroatoms. The SMILES string of the molecule is CCOC(=O)c1cccc(-c2ccc(C=C(C#N)C(=O)Nc3nnc(S(C)(=O)=O)s3)o2)c1. The summed E-state index contributed by atoms with van der Waals surface area (Å²) >= 11 is 0.671. The van der Waals surface area contributed by atoms with Gasteiger partial charge in [0.1, 0.15) is 23.2 Å². The molecular formula is C20H16N4O6S2. The van der Waals surface area contributed by atoms with Gasteiger partial charge in [-0.05, 0) is 31.2 Å². The molecule has 0 aliphatic rings. The molecule has 3 aromatic rings. The molecule has 0 spiro atoms. The molecule has 0 fully saturated rings. The molecular weight excluding hydrogens is 456 g/mol. The first kappa shape index (κ1) is 22.9. The van der Waals surface area contributed by atoms with Crippen LogP contribution in [0.4, 0.5) is 5.13 Å². The van der Waals surface area contributed by atoms with Gasteiger partial charge in [0.2, 0.25) is 19.3 Å². The molecule has 32 heavy (non-hydrogen) atoms. The zero-order valence-electron chi connectivity index (χ0n) is 16.9. The summed E-state index contributed by atoms with van der Waals surface area (Å²) in [6.07, 6.45) is 2.20. The second kappa shape index (κ2) is 9.54. The van der Waals surface area contributed by atoms with Crippen LogP contribution in [0.15, 0.2) is 50.7 Å². The third-order valence-corrected chi connectivity index (χ3v) is 6.39. The Bertz CT molecular complexity index is 1350. The number of sulfone groups is 1. The van der Waals surface area contributed by atoms with E-state index < -0.39 is 21.7 Å². The normalized spacial score (nSPS) is 11.6. The first-order valence-corrected chi connectivity index (χ1v) is 11.8. The average Bonchev–Trinajstić information content (AvgIpc) is 3.42. The van der Waals surface area contributed by atoms with E-state index in [9.17, 15) is 23.3 Å². The molecule has 0 saturated carbocycles. The Labute approximate surface area is 187 Å². The smallest absolute Gasteiger partial charge is 0.338 e. The highest BCUT2D eigenvalue weighted by atomic mass is 32.2. The van der Waals surface area contributed by atoms with E-state index in [2.05, 4.69) is 15.5 Å². The number of benzene rings is 1. The van der Waals surface area contributed by atoms with Gasteiger partial charge in [0.25, 0.3) is 5.91 Å². The number of furan rings is 1. The van der Waals surface area contributed by atoms with Crippen molar-refractivity contribution >= 4 is 44.3 Å². The van der Waals surface area contributed by atoms with E-state index in [4.69, 9.17) is 9.15 Å². The third-order valence-electron chi connectivity index (χ3n) is 3.88. The van der Waals surface area contributed by atoms with Gasteiger partial charge in [0.05, 0.1) is 12.2 Å². The fourth-order valence-corrected chi connectivity index (χ4v) is 3.97. The van der Waals surface area contributed by atoms with Crippen molar-refractivity contribution in [3.8, 4) is 17.4 Å². The second-order valence-electron chi connectivity index (χ2n) is 6.27. The van der Waals surface area contributed by atoms with Crippen LogP contribution in [-0.4, -0.2) is 43.4 Å². The molecule has 10 nitrogen and oxygen atoms in total. The van der Waals surface area contributed by atoms with Crippen LogP contribution in [0.25, 0.3) is 17.4 Å². The number of esters is 1. The fourth-order valence-electron chi connectivity index (χ4n) is 2.46. The van der Waals surface area contributed by atoms with Gasteiger partial charge in [0, 0.05) is 17.9 Å². The standard InChI is InChI=1S/C20H16N4O6S2/c1-3-29-18(26)13-6-4-5-12(9-13)16-8-7-15(30-16)10-14(11-21)17(25)22-19-23-24-20(31-19)32(2,27)28/h4-10H,3H2,1-2H3,(H,22,23,25). The van der Waals surface area contributed by atoms with Gasteiger partial charge in [-0.15, -0.1) is 10.2 Å². The average molecular weight is 473 g/mol. The Hall–Kier alpha value is -3.82. The lowest BCUT2D eigenvalue weighted by molar-refractivity contribution is -0.112. The number of carbonyl (C=O) groups is 2. The van der Waals surface area contributed by atoms with Crippen molar-refractivity contribution < 1.29 is 27.2 Å². The summed E-state index contributed by atoms with van der Waals surface area (Å²) in [4.78, 5) is 24.3. The minimum atomic E-state index is -3.56. The van der Waals surface area contributed by atoms with Crippen LogP contribution in [0.3, 0.4) is 0 Å². The highest BCUT2D eigenvalue weighted by molar-refractivity contribution is 7.92. The lowest BCUT2D eigenvalue weighted by Crippen LogP contribution is -2.13. The van der Waals surface area contributed by atoms with E-state index in [-0.39, 0.29) is 27.4 Å². The number of aromatic nitrogens is 2. The number of anilines is 1. The number of rotatable bonds is 7. The van der Waals surface area contributed by atoms with Gasteiger partial charge in [-0.1, -0.05) is 23.5 Å². The number of amides is 1. The quantitative estimate of drug-likeness (QED) is 0.237. The van der Waals surface area contributed by atoms with Gasteiger partial charge >= 0.3 is 5.97 Å². The van der Waals surface area contributed by atoms with Crippen molar-refractivity contribution in [2.24, 2.45) is 0 Å². The van der Waals surface area contributed by atoms with Crippen molar-refractivity contribution in [3.63, 3.8) is 0 Å². The predicted molar refractivity (Wildman–Crippen MR) is 115 cm³/mol. The van der Waals surface area contributed by atoms with Crippen LogP contribution in [0.2, 0.25) is 0 Å². The Morgan fingerprint density at radius 1 is 1.28 bits per heavy atom. The van der Waals surface area contributed by atoms with Gasteiger partial charge < -0.3 is 9.15 Å². The largest absolute Gasteiger partial charge is 0.462 e. The minimum Gasteiger partial charge on any atom is -0.462 e. The molecule has 3 rings (SSSR count). The molecule has 1 aromatic carbocycles. The van der Waals surface area contributed by atoms with Gasteiger partial charge in [-0.2, -0.15) is 5.26 Å². The Morgan fingerprint density at radius 2 is 2.06 bits per heavy atom. The number of hydrogen-bond donors (Lipinski definition) is 1. The fraction of sp³-hybridized carbons (Fsp3) is 0.150. The van der Waals surface area contributed by atoms with E-state index in [1.807, 2.05) is 0 Å². The van der Waals surface area contributed by atoms with Crippen molar-refractivity contribution in [1.82, 2.24) is 10.2 Å². The summed E-state index contributed by atoms with van der Waals surface area (Å²) in [7, 11) is -3.56. The first-order chi connectivity index (χ1) is 15.2. The Balaban J connectivity index is 1.79. The predicted octanol–water partition coefficient (Wildman–Crippen LogP) is 2.92. The van der Waals surface area contributed by atoms with Crippen LogP contribution in [0, 0.1) is 11.3 Å². The summed E-state index contributed by atoms with van der Waals surface area (Å²) in [5.41, 5.74) is 0.683. The maximum atomic E-state index is 12.4. The lowest BCUT2D eigenvalue weighted by atomic mass is 10.1. The molecule has 0 atom stereocenters. The molecule has 1 N–H and O–H groups in total. The number of hydrogen-bond acceptors (Lipinski definition) is 10. The van der Waals surface area contributed by atoms with E-state index in [0.717, 1.165) is 6.26 Å². The van der Waals surface area contributed by atoms with Crippen LogP contribution in [0.1, 0.15) is 23.0 Å². The Kier molecular flexibility index (Phi) is 6.82. The summed E-state index contributed by atoms with van der Waals surface area (Å²) in [5.74, 6) is -0.615. The molecule has 0 saturated heterocycles. The monoisotopic (exact) mass is 472 g/mol. The molecule has 0 radical (unpaired) electrons. The van der Waals surface area contributed by atoms with Crippen LogP contribution < -0.4 is 5.32 Å². The van der Waals surface area contributed by atoms with E-state index in [0.29, 0.717) is 28.2 Å². The number of nitriles is 1. The molecule has 0 bridgehead atoms. The number of nitrogens with one attached hydrogen (secondary N) is 1. The lowest BCUT2D eigenvalue weighted by Gasteiger charge is -2.03. The molecule has 2 heterocycles. The van der Waals surface area contributed by atoms with E-state index in [1.165, 1.54) is 6.08 Å². The zero-order chi connectivity index (χ0) is 23.3. The Morgan fingerprint density at radius 3 is 2.72 bits per heavy atom. The second-order valence-corrected chi connectivity index (χ2v) is 9.44. The van der Waals surface area contributed by atoms with Crippen LogP contribution in [0.5, 0.6) is 0 Å². The first-order valence-electron chi connectivity index (χ1n) is 9.05. The third kappa shape index (κ3) is 5.45. The van der Waals surface area contributed by atoms with Crippen molar-refractivity contribution in [2.45, 2.75) is 11.3 Å². The molecule has 2 aromatic heterocycles. The van der Waals surface area contributed by atoms with Crippen molar-refractivity contribution in [2.75, 3.05) is 18.2 Å². The summed E-state index contributed by atoms with van der Waals surface area (Å²) in [6, 6.07) is 11.6. The van der Waals surface area contributed by atoms with Crippen LogP contribution in [-0.2, 0) is 19.4 Å².